The van der Waals surface area contributed by atoms with E-state index in [9.17, 15) is 9.90 Å². The maximum atomic E-state index is 11.7. The van der Waals surface area contributed by atoms with Crippen molar-refractivity contribution in [2.45, 2.75) is 25.0 Å². The molecule has 0 atom stereocenters. The monoisotopic (exact) mass is 253 g/mol. The van der Waals surface area contributed by atoms with Crippen molar-refractivity contribution < 1.29 is 9.90 Å². The summed E-state index contributed by atoms with van der Waals surface area (Å²) in [6.07, 6.45) is 2.33. The van der Waals surface area contributed by atoms with Crippen molar-refractivity contribution in [3.63, 3.8) is 0 Å². The molecule has 0 aromatic heterocycles. The molecule has 0 saturated carbocycles. The number of rotatable bonds is 5. The molecule has 1 amide bonds. The van der Waals surface area contributed by atoms with Gasteiger partial charge in [-0.15, -0.1) is 0 Å². The van der Waals surface area contributed by atoms with Crippen molar-refractivity contribution in [1.82, 2.24) is 5.32 Å². The summed E-state index contributed by atoms with van der Waals surface area (Å²) < 4.78 is 0.0501. The lowest BCUT2D eigenvalue weighted by atomic mass is 10.1. The molecule has 94 valence electrons. The summed E-state index contributed by atoms with van der Waals surface area (Å²) in [5.41, 5.74) is 0.824. The zero-order chi connectivity index (χ0) is 12.9. The Morgan fingerprint density at radius 2 is 2.18 bits per heavy atom. The Morgan fingerprint density at radius 1 is 1.47 bits per heavy atom. The molecule has 3 nitrogen and oxygen atoms in total. The summed E-state index contributed by atoms with van der Waals surface area (Å²) in [6.45, 7) is 4.82. The first kappa shape index (κ1) is 13.9. The normalized spacial score (nSPS) is 11.2. The maximum Gasteiger partial charge on any atom is 0.224 e. The van der Waals surface area contributed by atoms with Gasteiger partial charge in [0.25, 0.3) is 0 Å². The number of carbonyl (C=O) groups excluding carboxylic acids is 1. The number of hydrogen-bond donors (Lipinski definition) is 2. The number of hydrogen-bond acceptors (Lipinski definition) is 3. The zero-order valence-electron chi connectivity index (χ0n) is 10.5. The van der Waals surface area contributed by atoms with Gasteiger partial charge in [0.15, 0.2) is 0 Å². The molecule has 0 aliphatic rings. The third-order valence-corrected chi connectivity index (χ3v) is 3.79. The topological polar surface area (TPSA) is 49.3 Å². The molecule has 0 spiro atoms. The van der Waals surface area contributed by atoms with Crippen LogP contribution in [-0.4, -0.2) is 28.6 Å². The van der Waals surface area contributed by atoms with Crippen molar-refractivity contribution in [1.29, 1.82) is 0 Å². The van der Waals surface area contributed by atoms with Gasteiger partial charge in [0.2, 0.25) is 5.91 Å². The van der Waals surface area contributed by atoms with E-state index >= 15 is 0 Å². The molecule has 2 N–H and O–H groups in total. The SMILES string of the molecule is CSC(C)(C)CNC(=O)Cc1cccc(O)c1. The van der Waals surface area contributed by atoms with E-state index in [0.29, 0.717) is 13.0 Å². The molecule has 4 heteroatoms. The number of thioether (sulfide) groups is 1. The quantitative estimate of drug-likeness (QED) is 0.845. The van der Waals surface area contributed by atoms with Gasteiger partial charge in [0.1, 0.15) is 5.75 Å². The number of phenolic OH excluding ortho intramolecular Hbond substituents is 1. The van der Waals surface area contributed by atoms with Crippen molar-refractivity contribution in [3.05, 3.63) is 29.8 Å². The second-order valence-electron chi connectivity index (χ2n) is 4.59. The lowest BCUT2D eigenvalue weighted by molar-refractivity contribution is -0.120. The lowest BCUT2D eigenvalue weighted by Crippen LogP contribution is -2.36. The van der Waals surface area contributed by atoms with E-state index in [1.165, 1.54) is 0 Å². The third-order valence-electron chi connectivity index (χ3n) is 2.54. The Hall–Kier alpha value is -1.16. The highest BCUT2D eigenvalue weighted by atomic mass is 32.2. The Kier molecular flexibility index (Phi) is 4.87. The molecule has 0 bridgehead atoms. The first-order valence-corrected chi connectivity index (χ1v) is 6.75. The van der Waals surface area contributed by atoms with E-state index in [-0.39, 0.29) is 16.4 Å². The smallest absolute Gasteiger partial charge is 0.224 e. The van der Waals surface area contributed by atoms with Gasteiger partial charge in [0, 0.05) is 11.3 Å². The molecule has 0 aliphatic heterocycles. The van der Waals surface area contributed by atoms with Crippen molar-refractivity contribution in [2.75, 3.05) is 12.8 Å². The fourth-order valence-electron chi connectivity index (χ4n) is 1.30. The zero-order valence-corrected chi connectivity index (χ0v) is 11.3. The molecule has 0 saturated heterocycles. The number of phenols is 1. The van der Waals surface area contributed by atoms with E-state index in [1.807, 2.05) is 12.3 Å². The first-order chi connectivity index (χ1) is 7.93. The van der Waals surface area contributed by atoms with Crippen LogP contribution in [-0.2, 0) is 11.2 Å². The molecule has 0 radical (unpaired) electrons. The Bertz CT molecular complexity index is 391. The highest BCUT2D eigenvalue weighted by Gasteiger charge is 2.16. The molecule has 1 rings (SSSR count). The molecule has 0 heterocycles. The summed E-state index contributed by atoms with van der Waals surface area (Å²) in [7, 11) is 0. The first-order valence-electron chi connectivity index (χ1n) is 5.53. The summed E-state index contributed by atoms with van der Waals surface area (Å²) >= 11 is 1.72. The summed E-state index contributed by atoms with van der Waals surface area (Å²) in [5.74, 6) is 0.178. The van der Waals surface area contributed by atoms with Gasteiger partial charge < -0.3 is 10.4 Å². The number of carbonyl (C=O) groups is 1. The molecule has 17 heavy (non-hydrogen) atoms. The Balaban J connectivity index is 2.45. The highest BCUT2D eigenvalue weighted by molar-refractivity contribution is 7.99. The van der Waals surface area contributed by atoms with E-state index in [4.69, 9.17) is 0 Å². The highest BCUT2D eigenvalue weighted by Crippen LogP contribution is 2.19. The van der Waals surface area contributed by atoms with Crippen LogP contribution in [0.3, 0.4) is 0 Å². The van der Waals surface area contributed by atoms with E-state index in [1.54, 1.807) is 30.0 Å². The minimum absolute atomic E-state index is 0.0160. The minimum atomic E-state index is -0.0160. The predicted molar refractivity (Wildman–Crippen MR) is 72.4 cm³/mol. The van der Waals surface area contributed by atoms with Gasteiger partial charge in [0.05, 0.1) is 6.42 Å². The summed E-state index contributed by atoms with van der Waals surface area (Å²) in [4.78, 5) is 11.7. The van der Waals surface area contributed by atoms with Gasteiger partial charge in [-0.3, -0.25) is 4.79 Å². The van der Waals surface area contributed by atoms with E-state index in [2.05, 4.69) is 19.2 Å². The van der Waals surface area contributed by atoms with Crippen LogP contribution in [0.2, 0.25) is 0 Å². The van der Waals surface area contributed by atoms with Gasteiger partial charge in [-0.05, 0) is 37.8 Å². The van der Waals surface area contributed by atoms with Crippen LogP contribution in [0.1, 0.15) is 19.4 Å². The second kappa shape index (κ2) is 5.96. The third kappa shape index (κ3) is 5.13. The fourth-order valence-corrected chi connectivity index (χ4v) is 1.51. The standard InChI is InChI=1S/C13H19NO2S/c1-13(2,17-3)9-14-12(16)8-10-5-4-6-11(15)7-10/h4-7,15H,8-9H2,1-3H3,(H,14,16). The van der Waals surface area contributed by atoms with E-state index < -0.39 is 0 Å². The van der Waals surface area contributed by atoms with Crippen molar-refractivity contribution in [3.8, 4) is 5.75 Å². The lowest BCUT2D eigenvalue weighted by Gasteiger charge is -2.22. The predicted octanol–water partition coefficient (Wildman–Crippen LogP) is 2.19. The Morgan fingerprint density at radius 3 is 2.76 bits per heavy atom. The minimum Gasteiger partial charge on any atom is -0.508 e. The van der Waals surface area contributed by atoms with Crippen LogP contribution < -0.4 is 5.32 Å². The van der Waals surface area contributed by atoms with Gasteiger partial charge in [-0.25, -0.2) is 0 Å². The van der Waals surface area contributed by atoms with Crippen LogP contribution in [0.5, 0.6) is 5.75 Å². The molecule has 1 aromatic carbocycles. The number of nitrogens with one attached hydrogen (secondary N) is 1. The van der Waals surface area contributed by atoms with Crippen LogP contribution in [0.4, 0.5) is 0 Å². The van der Waals surface area contributed by atoms with Crippen molar-refractivity contribution in [2.24, 2.45) is 0 Å². The molecular formula is C13H19NO2S. The molecule has 0 aliphatic carbocycles. The van der Waals surface area contributed by atoms with Crippen LogP contribution in [0.15, 0.2) is 24.3 Å². The summed E-state index contributed by atoms with van der Waals surface area (Å²) in [5, 5.41) is 12.2. The fraction of sp³-hybridized carbons (Fsp3) is 0.462. The molecule has 0 fully saturated rings. The van der Waals surface area contributed by atoms with Gasteiger partial charge in [-0.2, -0.15) is 11.8 Å². The van der Waals surface area contributed by atoms with E-state index in [0.717, 1.165) is 5.56 Å². The largest absolute Gasteiger partial charge is 0.508 e. The summed E-state index contributed by atoms with van der Waals surface area (Å²) in [6, 6.07) is 6.78. The molecule has 1 aromatic rings. The number of aromatic hydroxyl groups is 1. The molecular weight excluding hydrogens is 234 g/mol. The van der Waals surface area contributed by atoms with Crippen LogP contribution in [0.25, 0.3) is 0 Å². The average Bonchev–Trinajstić information content (AvgIpc) is 2.27. The number of benzene rings is 1. The van der Waals surface area contributed by atoms with Gasteiger partial charge in [-0.1, -0.05) is 12.1 Å². The van der Waals surface area contributed by atoms with Crippen molar-refractivity contribution >= 4 is 17.7 Å². The van der Waals surface area contributed by atoms with Crippen LogP contribution >= 0.6 is 11.8 Å². The molecule has 0 unspecified atom stereocenters. The average molecular weight is 253 g/mol. The maximum absolute atomic E-state index is 11.7. The number of amides is 1. The van der Waals surface area contributed by atoms with Gasteiger partial charge >= 0.3 is 0 Å². The second-order valence-corrected chi connectivity index (χ2v) is 6.10. The van der Waals surface area contributed by atoms with Crippen LogP contribution in [0, 0.1) is 0 Å². The Labute approximate surface area is 107 Å².